The largest absolute Gasteiger partial charge is 0.458 e. The van der Waals surface area contributed by atoms with Gasteiger partial charge in [0, 0.05) is 10.9 Å². The second-order valence-electron chi connectivity index (χ2n) is 3.72. The molecule has 80 valence electrons. The second-order valence-corrected chi connectivity index (χ2v) is 4.13. The zero-order valence-corrected chi connectivity index (χ0v) is 9.85. The van der Waals surface area contributed by atoms with Gasteiger partial charge in [-0.15, -0.1) is 0 Å². The second kappa shape index (κ2) is 3.87. The SMILES string of the molecule is CNC(C)c1oc2c(Cl)cccc2c1C. The Morgan fingerprint density at radius 2 is 2.13 bits per heavy atom. The predicted octanol–water partition coefficient (Wildman–Crippen LogP) is 3.68. The minimum absolute atomic E-state index is 0.202. The average molecular weight is 224 g/mol. The van der Waals surface area contributed by atoms with Gasteiger partial charge in [0.15, 0.2) is 5.58 Å². The third kappa shape index (κ3) is 1.64. The molecule has 0 aliphatic heterocycles. The van der Waals surface area contributed by atoms with E-state index in [9.17, 15) is 0 Å². The standard InChI is InChI=1S/C12H14ClNO/c1-7-9-5-4-6-10(13)12(9)15-11(7)8(2)14-3/h4-6,8,14H,1-3H3. The molecule has 2 aromatic rings. The molecule has 0 saturated carbocycles. The van der Waals surface area contributed by atoms with Crippen LogP contribution in [-0.2, 0) is 0 Å². The topological polar surface area (TPSA) is 25.2 Å². The summed E-state index contributed by atoms with van der Waals surface area (Å²) in [6.07, 6.45) is 0. The molecule has 0 saturated heterocycles. The number of nitrogens with one attached hydrogen (secondary N) is 1. The molecule has 2 nitrogen and oxygen atoms in total. The first-order valence-corrected chi connectivity index (χ1v) is 5.37. The Morgan fingerprint density at radius 1 is 1.40 bits per heavy atom. The summed E-state index contributed by atoms with van der Waals surface area (Å²) in [5.41, 5.74) is 1.95. The highest BCUT2D eigenvalue weighted by atomic mass is 35.5. The maximum atomic E-state index is 6.08. The van der Waals surface area contributed by atoms with Gasteiger partial charge in [-0.1, -0.05) is 23.7 Å². The molecule has 1 aromatic carbocycles. The van der Waals surface area contributed by atoms with E-state index in [1.165, 1.54) is 0 Å². The van der Waals surface area contributed by atoms with E-state index in [1.807, 2.05) is 25.2 Å². The van der Waals surface area contributed by atoms with E-state index in [2.05, 4.69) is 19.2 Å². The van der Waals surface area contributed by atoms with Gasteiger partial charge in [0.05, 0.1) is 11.1 Å². The Labute approximate surface area is 94.2 Å². The van der Waals surface area contributed by atoms with E-state index in [-0.39, 0.29) is 6.04 Å². The van der Waals surface area contributed by atoms with Crippen LogP contribution in [0.1, 0.15) is 24.3 Å². The van der Waals surface area contributed by atoms with Crippen molar-refractivity contribution in [1.82, 2.24) is 5.32 Å². The number of benzene rings is 1. The van der Waals surface area contributed by atoms with Crippen LogP contribution < -0.4 is 5.32 Å². The van der Waals surface area contributed by atoms with Crippen molar-refractivity contribution < 1.29 is 4.42 Å². The number of fused-ring (bicyclic) bond motifs is 1. The van der Waals surface area contributed by atoms with E-state index in [0.717, 1.165) is 22.3 Å². The molecule has 0 aliphatic rings. The highest BCUT2D eigenvalue weighted by Gasteiger charge is 2.16. The Morgan fingerprint density at radius 3 is 2.73 bits per heavy atom. The van der Waals surface area contributed by atoms with Crippen molar-refractivity contribution in [2.24, 2.45) is 0 Å². The fraction of sp³-hybridized carbons (Fsp3) is 0.333. The van der Waals surface area contributed by atoms with Gasteiger partial charge in [0.2, 0.25) is 0 Å². The Bertz CT molecular complexity index is 490. The van der Waals surface area contributed by atoms with Gasteiger partial charge in [-0.2, -0.15) is 0 Å². The molecule has 1 unspecified atom stereocenters. The molecule has 1 aromatic heterocycles. The molecule has 1 atom stereocenters. The summed E-state index contributed by atoms with van der Waals surface area (Å²) in [5, 5.41) is 4.93. The molecule has 2 rings (SSSR count). The maximum absolute atomic E-state index is 6.08. The first-order chi connectivity index (χ1) is 7.15. The van der Waals surface area contributed by atoms with Crippen LogP contribution in [0.15, 0.2) is 22.6 Å². The van der Waals surface area contributed by atoms with Crippen LogP contribution >= 0.6 is 11.6 Å². The molecule has 0 spiro atoms. The number of para-hydroxylation sites is 1. The number of hydrogen-bond donors (Lipinski definition) is 1. The summed E-state index contributed by atoms with van der Waals surface area (Å²) in [7, 11) is 1.92. The van der Waals surface area contributed by atoms with E-state index in [1.54, 1.807) is 0 Å². The number of halogens is 1. The number of aryl methyl sites for hydroxylation is 1. The fourth-order valence-electron chi connectivity index (χ4n) is 1.77. The zero-order chi connectivity index (χ0) is 11.0. The van der Waals surface area contributed by atoms with Crippen molar-refractivity contribution in [3.05, 3.63) is 34.5 Å². The first-order valence-electron chi connectivity index (χ1n) is 5.00. The van der Waals surface area contributed by atoms with Crippen molar-refractivity contribution in [2.45, 2.75) is 19.9 Å². The van der Waals surface area contributed by atoms with Crippen LogP contribution in [0.4, 0.5) is 0 Å². The minimum atomic E-state index is 0.202. The number of hydrogen-bond acceptors (Lipinski definition) is 2. The van der Waals surface area contributed by atoms with Gasteiger partial charge in [0.25, 0.3) is 0 Å². The molecule has 1 heterocycles. The van der Waals surface area contributed by atoms with Gasteiger partial charge in [-0.05, 0) is 27.0 Å². The molecule has 0 fully saturated rings. The van der Waals surface area contributed by atoms with Crippen molar-refractivity contribution in [1.29, 1.82) is 0 Å². The first kappa shape index (κ1) is 10.5. The summed E-state index contributed by atoms with van der Waals surface area (Å²) in [6.45, 7) is 4.13. The van der Waals surface area contributed by atoms with Crippen molar-refractivity contribution in [2.75, 3.05) is 7.05 Å². The molecule has 0 aliphatic carbocycles. The molecule has 0 radical (unpaired) electrons. The molecular weight excluding hydrogens is 210 g/mol. The van der Waals surface area contributed by atoms with E-state index >= 15 is 0 Å². The minimum Gasteiger partial charge on any atom is -0.458 e. The molecule has 15 heavy (non-hydrogen) atoms. The Balaban J connectivity index is 2.69. The van der Waals surface area contributed by atoms with E-state index in [0.29, 0.717) is 5.02 Å². The lowest BCUT2D eigenvalue weighted by Crippen LogP contribution is -2.12. The lowest BCUT2D eigenvalue weighted by molar-refractivity contribution is 0.471. The van der Waals surface area contributed by atoms with Crippen LogP contribution in [0, 0.1) is 6.92 Å². The molecular formula is C12H14ClNO. The smallest absolute Gasteiger partial charge is 0.153 e. The fourth-order valence-corrected chi connectivity index (χ4v) is 1.98. The Kier molecular flexibility index (Phi) is 2.72. The van der Waals surface area contributed by atoms with Gasteiger partial charge in [0.1, 0.15) is 5.76 Å². The van der Waals surface area contributed by atoms with Crippen LogP contribution in [0.25, 0.3) is 11.0 Å². The summed E-state index contributed by atoms with van der Waals surface area (Å²) in [5.74, 6) is 0.959. The molecule has 1 N–H and O–H groups in total. The van der Waals surface area contributed by atoms with Crippen LogP contribution in [-0.4, -0.2) is 7.05 Å². The monoisotopic (exact) mass is 223 g/mol. The van der Waals surface area contributed by atoms with Crippen molar-refractivity contribution in [3.63, 3.8) is 0 Å². The molecule has 0 amide bonds. The number of furan rings is 1. The van der Waals surface area contributed by atoms with Gasteiger partial charge < -0.3 is 9.73 Å². The van der Waals surface area contributed by atoms with E-state index in [4.69, 9.17) is 16.0 Å². The van der Waals surface area contributed by atoms with Gasteiger partial charge in [-0.25, -0.2) is 0 Å². The quantitative estimate of drug-likeness (QED) is 0.840. The Hall–Kier alpha value is -0.990. The highest BCUT2D eigenvalue weighted by Crippen LogP contribution is 2.33. The van der Waals surface area contributed by atoms with Crippen molar-refractivity contribution in [3.8, 4) is 0 Å². The highest BCUT2D eigenvalue weighted by molar-refractivity contribution is 6.34. The average Bonchev–Trinajstić information content (AvgIpc) is 2.57. The third-order valence-corrected chi connectivity index (χ3v) is 3.08. The lowest BCUT2D eigenvalue weighted by atomic mass is 10.1. The molecule has 0 bridgehead atoms. The summed E-state index contributed by atoms with van der Waals surface area (Å²) in [4.78, 5) is 0. The van der Waals surface area contributed by atoms with Crippen LogP contribution in [0.2, 0.25) is 5.02 Å². The third-order valence-electron chi connectivity index (χ3n) is 2.78. The normalized spacial score (nSPS) is 13.3. The van der Waals surface area contributed by atoms with Crippen LogP contribution in [0.3, 0.4) is 0 Å². The predicted molar refractivity (Wildman–Crippen MR) is 63.4 cm³/mol. The number of rotatable bonds is 2. The van der Waals surface area contributed by atoms with Crippen LogP contribution in [0.5, 0.6) is 0 Å². The van der Waals surface area contributed by atoms with Gasteiger partial charge >= 0.3 is 0 Å². The summed E-state index contributed by atoms with van der Waals surface area (Å²) >= 11 is 6.08. The maximum Gasteiger partial charge on any atom is 0.153 e. The van der Waals surface area contributed by atoms with E-state index < -0.39 is 0 Å². The summed E-state index contributed by atoms with van der Waals surface area (Å²) in [6, 6.07) is 6.03. The van der Waals surface area contributed by atoms with Gasteiger partial charge in [-0.3, -0.25) is 0 Å². The lowest BCUT2D eigenvalue weighted by Gasteiger charge is -2.06. The molecule has 3 heteroatoms. The van der Waals surface area contributed by atoms with Crippen molar-refractivity contribution >= 4 is 22.6 Å². The summed E-state index contributed by atoms with van der Waals surface area (Å²) < 4.78 is 5.79. The zero-order valence-electron chi connectivity index (χ0n) is 9.10.